The number of rotatable bonds is 7. The number of aliphatic imine (C=N–C) groups is 1. The lowest BCUT2D eigenvalue weighted by Crippen LogP contribution is -2.62. The fraction of sp³-hybridized carbons (Fsp3) is 0.708. The van der Waals surface area contributed by atoms with Crippen molar-refractivity contribution in [3.05, 3.63) is 29.3 Å². The van der Waals surface area contributed by atoms with E-state index in [9.17, 15) is 0 Å². The maximum atomic E-state index is 5.83. The molecular weight excluding hydrogens is 501 g/mol. The molecule has 6 nitrogen and oxygen atoms in total. The fourth-order valence-corrected chi connectivity index (χ4v) is 4.75. The molecule has 1 aromatic carbocycles. The Balaban J connectivity index is 0.00000341. The highest BCUT2D eigenvalue weighted by Crippen LogP contribution is 2.31. The van der Waals surface area contributed by atoms with Crippen LogP contribution in [0.4, 0.5) is 0 Å². The zero-order valence-corrected chi connectivity index (χ0v) is 22.2. The highest BCUT2D eigenvalue weighted by Gasteiger charge is 2.39. The van der Waals surface area contributed by atoms with Gasteiger partial charge in [0.25, 0.3) is 0 Å². The van der Waals surface area contributed by atoms with E-state index in [0.717, 1.165) is 23.8 Å². The van der Waals surface area contributed by atoms with E-state index in [4.69, 9.17) is 4.74 Å². The van der Waals surface area contributed by atoms with Gasteiger partial charge in [-0.05, 0) is 84.4 Å². The molecule has 7 heteroatoms. The largest absolute Gasteiger partial charge is 0.494 e. The molecule has 0 saturated carbocycles. The van der Waals surface area contributed by atoms with Crippen LogP contribution in [0.1, 0.15) is 50.2 Å². The van der Waals surface area contributed by atoms with Gasteiger partial charge in [-0.2, -0.15) is 0 Å². The van der Waals surface area contributed by atoms with Gasteiger partial charge in [-0.25, -0.2) is 0 Å². The quantitative estimate of drug-likeness (QED) is 0.313. The Labute approximate surface area is 206 Å². The van der Waals surface area contributed by atoms with Gasteiger partial charge in [-0.1, -0.05) is 18.6 Å². The van der Waals surface area contributed by atoms with Crippen molar-refractivity contribution in [3.8, 4) is 5.75 Å². The van der Waals surface area contributed by atoms with Crippen LogP contribution in [0.2, 0.25) is 0 Å². The monoisotopic (exact) mass is 543 g/mol. The molecule has 0 amide bonds. The minimum atomic E-state index is 0. The second-order valence-corrected chi connectivity index (χ2v) is 8.90. The third-order valence-electron chi connectivity index (χ3n) is 6.72. The second kappa shape index (κ2) is 12.8. The minimum Gasteiger partial charge on any atom is -0.494 e. The number of hydrogen-bond donors (Lipinski definition) is 2. The average molecular weight is 544 g/mol. The zero-order valence-electron chi connectivity index (χ0n) is 19.9. The summed E-state index contributed by atoms with van der Waals surface area (Å²) >= 11 is 0. The van der Waals surface area contributed by atoms with E-state index >= 15 is 0 Å². The number of aryl methyl sites for hydroxylation is 1. The van der Waals surface area contributed by atoms with Crippen molar-refractivity contribution in [2.24, 2.45) is 4.99 Å². The predicted molar refractivity (Wildman–Crippen MR) is 141 cm³/mol. The van der Waals surface area contributed by atoms with Crippen molar-refractivity contribution in [1.29, 1.82) is 0 Å². The summed E-state index contributed by atoms with van der Waals surface area (Å²) in [6.07, 6.45) is 6.48. The van der Waals surface area contributed by atoms with Gasteiger partial charge in [-0.15, -0.1) is 24.0 Å². The van der Waals surface area contributed by atoms with Crippen molar-refractivity contribution in [1.82, 2.24) is 20.4 Å². The van der Waals surface area contributed by atoms with Crippen molar-refractivity contribution in [2.45, 2.75) is 58.0 Å². The summed E-state index contributed by atoms with van der Waals surface area (Å²) in [5.41, 5.74) is 2.62. The zero-order chi connectivity index (χ0) is 21.4. The summed E-state index contributed by atoms with van der Waals surface area (Å²) in [5.74, 6) is 1.83. The molecule has 2 aliphatic heterocycles. The Morgan fingerprint density at radius 1 is 1.10 bits per heavy atom. The first-order valence-electron chi connectivity index (χ1n) is 11.7. The van der Waals surface area contributed by atoms with Crippen LogP contribution in [0.3, 0.4) is 0 Å². The lowest BCUT2D eigenvalue weighted by atomic mass is 9.84. The lowest BCUT2D eigenvalue weighted by Gasteiger charge is -2.50. The van der Waals surface area contributed by atoms with Gasteiger partial charge in [-0.3, -0.25) is 9.89 Å². The van der Waals surface area contributed by atoms with Gasteiger partial charge < -0.3 is 20.3 Å². The van der Waals surface area contributed by atoms with Gasteiger partial charge in [0, 0.05) is 31.2 Å². The maximum absolute atomic E-state index is 5.83. The number of benzene rings is 1. The Hall–Kier alpha value is -1.06. The Morgan fingerprint density at radius 3 is 2.45 bits per heavy atom. The molecule has 2 N–H and O–H groups in total. The van der Waals surface area contributed by atoms with Crippen LogP contribution >= 0.6 is 24.0 Å². The maximum Gasteiger partial charge on any atom is 0.191 e. The van der Waals surface area contributed by atoms with Crippen molar-refractivity contribution in [3.63, 3.8) is 0 Å². The summed E-state index contributed by atoms with van der Waals surface area (Å²) in [4.78, 5) is 9.72. The molecule has 2 saturated heterocycles. The number of halogens is 1. The number of ether oxygens (including phenoxy) is 1. The normalized spacial score (nSPS) is 20.1. The summed E-state index contributed by atoms with van der Waals surface area (Å²) in [7, 11) is 4.10. The third kappa shape index (κ3) is 7.22. The molecule has 0 aliphatic carbocycles. The van der Waals surface area contributed by atoms with E-state index in [-0.39, 0.29) is 29.5 Å². The van der Waals surface area contributed by atoms with Crippen LogP contribution in [0.25, 0.3) is 0 Å². The Bertz CT molecular complexity index is 697. The predicted octanol–water partition coefficient (Wildman–Crippen LogP) is 3.63. The number of likely N-dealkylation sites (tertiary alicyclic amines) is 2. The molecule has 0 radical (unpaired) electrons. The van der Waals surface area contributed by atoms with E-state index in [2.05, 4.69) is 57.6 Å². The second-order valence-electron chi connectivity index (χ2n) is 8.90. The lowest BCUT2D eigenvalue weighted by molar-refractivity contribution is 0.0173. The first-order valence-corrected chi connectivity index (χ1v) is 11.7. The highest BCUT2D eigenvalue weighted by molar-refractivity contribution is 14.0. The van der Waals surface area contributed by atoms with Crippen molar-refractivity contribution >= 4 is 29.9 Å². The smallest absolute Gasteiger partial charge is 0.191 e. The summed E-state index contributed by atoms with van der Waals surface area (Å²) in [6.45, 7) is 11.3. The van der Waals surface area contributed by atoms with E-state index in [1.165, 1.54) is 63.8 Å². The van der Waals surface area contributed by atoms with Gasteiger partial charge in [0.1, 0.15) is 5.75 Å². The van der Waals surface area contributed by atoms with Crippen LogP contribution in [0, 0.1) is 6.92 Å². The molecule has 2 fully saturated rings. The van der Waals surface area contributed by atoms with Crippen LogP contribution in [-0.4, -0.2) is 74.7 Å². The first kappa shape index (κ1) is 26.2. The van der Waals surface area contributed by atoms with Crippen molar-refractivity contribution < 1.29 is 4.74 Å². The van der Waals surface area contributed by atoms with Gasteiger partial charge in [0.2, 0.25) is 0 Å². The third-order valence-corrected chi connectivity index (χ3v) is 6.72. The van der Waals surface area contributed by atoms with E-state index in [0.29, 0.717) is 13.2 Å². The van der Waals surface area contributed by atoms with E-state index in [1.54, 1.807) is 0 Å². The van der Waals surface area contributed by atoms with E-state index in [1.807, 2.05) is 14.0 Å². The topological polar surface area (TPSA) is 52.1 Å². The summed E-state index contributed by atoms with van der Waals surface area (Å²) in [5, 5.41) is 7.17. The molecule has 2 aliphatic rings. The Morgan fingerprint density at radius 2 is 1.81 bits per heavy atom. The molecule has 1 aromatic rings. The minimum absolute atomic E-state index is 0. The van der Waals surface area contributed by atoms with Crippen LogP contribution in [-0.2, 0) is 6.54 Å². The number of nitrogens with zero attached hydrogens (tertiary/aromatic N) is 3. The molecule has 0 unspecified atom stereocenters. The first-order chi connectivity index (χ1) is 14.6. The Kier molecular flexibility index (Phi) is 10.9. The molecule has 0 aromatic heterocycles. The van der Waals surface area contributed by atoms with E-state index < -0.39 is 0 Å². The molecule has 2 heterocycles. The molecule has 31 heavy (non-hydrogen) atoms. The SMILES string of the molecule is CCOc1cc(C)ccc1CNC(=NC)NCC1(N2CCCCC2)CCN(C)CC1.I. The van der Waals surface area contributed by atoms with Gasteiger partial charge in [0.15, 0.2) is 5.96 Å². The summed E-state index contributed by atoms with van der Waals surface area (Å²) in [6, 6.07) is 6.40. The molecule has 0 atom stereocenters. The molecule has 0 bridgehead atoms. The standard InChI is InChI=1S/C24H41N5O.HI/c1-5-30-22-17-20(2)9-10-21(22)18-26-23(25-3)27-19-24(11-15-28(4)16-12-24)29-13-7-6-8-14-29;/h9-10,17H,5-8,11-16,18-19H2,1-4H3,(H2,25,26,27);1H. The van der Waals surface area contributed by atoms with Crippen LogP contribution < -0.4 is 15.4 Å². The number of guanidine groups is 1. The molecular formula is C24H42IN5O. The summed E-state index contributed by atoms with van der Waals surface area (Å²) < 4.78 is 5.83. The van der Waals surface area contributed by atoms with Gasteiger partial charge >= 0.3 is 0 Å². The average Bonchev–Trinajstić information content (AvgIpc) is 2.77. The number of hydrogen-bond acceptors (Lipinski definition) is 4. The molecule has 0 spiro atoms. The highest BCUT2D eigenvalue weighted by atomic mass is 127. The van der Waals surface area contributed by atoms with Crippen LogP contribution in [0.5, 0.6) is 5.75 Å². The molecule has 176 valence electrons. The van der Waals surface area contributed by atoms with Gasteiger partial charge in [0.05, 0.1) is 6.61 Å². The number of nitrogens with one attached hydrogen (secondary N) is 2. The van der Waals surface area contributed by atoms with Crippen LogP contribution in [0.15, 0.2) is 23.2 Å². The molecule has 3 rings (SSSR count). The van der Waals surface area contributed by atoms with Crippen molar-refractivity contribution in [2.75, 3.05) is 53.4 Å². The number of piperidine rings is 2. The fourth-order valence-electron chi connectivity index (χ4n) is 4.75.